The van der Waals surface area contributed by atoms with Crippen LogP contribution in [0, 0.1) is 17.2 Å². The van der Waals surface area contributed by atoms with Crippen LogP contribution in [-0.4, -0.2) is 62.1 Å². The molecule has 8 heteroatoms. The van der Waals surface area contributed by atoms with Gasteiger partial charge < -0.3 is 20.7 Å². The number of rotatable bonds is 8. The molecule has 0 radical (unpaired) electrons. The lowest BCUT2D eigenvalue weighted by Gasteiger charge is -2.35. The molecule has 3 rings (SSSR count). The van der Waals surface area contributed by atoms with Gasteiger partial charge in [-0.25, -0.2) is 4.39 Å². The molecule has 1 aliphatic heterocycles. The molecule has 1 aromatic carbocycles. The summed E-state index contributed by atoms with van der Waals surface area (Å²) in [5, 5.41) is 2.70. The number of amides is 2. The molecule has 1 aromatic rings. The first kappa shape index (κ1) is 22.7. The molecule has 2 aliphatic rings. The van der Waals surface area contributed by atoms with Crippen LogP contribution in [0.5, 0.6) is 0 Å². The number of nitrogens with one attached hydrogen (secondary N) is 1. The Balaban J connectivity index is 1.71. The van der Waals surface area contributed by atoms with Crippen LogP contribution >= 0.6 is 0 Å². The number of halogens is 1. The SMILES string of the molecule is CC(C)(C)CN(CC1CC1)[C@H](CN)C(=O)Nc1ccc(N2CCOCC2=O)cc1F. The number of carbonyl (C=O) groups excluding carboxylic acids is 2. The van der Waals surface area contributed by atoms with E-state index in [-0.39, 0.29) is 36.1 Å². The molecule has 1 atom stereocenters. The van der Waals surface area contributed by atoms with E-state index in [0.29, 0.717) is 24.8 Å². The second-order valence-electron chi connectivity index (χ2n) is 9.44. The molecule has 2 amide bonds. The Kier molecular flexibility index (Phi) is 7.10. The Bertz CT molecular complexity index is 776. The number of anilines is 2. The van der Waals surface area contributed by atoms with Crippen LogP contribution in [0.15, 0.2) is 18.2 Å². The zero-order valence-corrected chi connectivity index (χ0v) is 18.1. The Morgan fingerprint density at radius 2 is 2.13 bits per heavy atom. The van der Waals surface area contributed by atoms with E-state index in [4.69, 9.17) is 10.5 Å². The molecule has 1 saturated carbocycles. The van der Waals surface area contributed by atoms with Crippen molar-refractivity contribution in [2.45, 2.75) is 39.7 Å². The van der Waals surface area contributed by atoms with Crippen molar-refractivity contribution in [3.05, 3.63) is 24.0 Å². The molecule has 2 fully saturated rings. The quantitative estimate of drug-likeness (QED) is 0.673. The third-order valence-corrected chi connectivity index (χ3v) is 5.34. The summed E-state index contributed by atoms with van der Waals surface area (Å²) in [5.74, 6) is -0.494. The van der Waals surface area contributed by atoms with Crippen LogP contribution in [0.1, 0.15) is 33.6 Å². The second kappa shape index (κ2) is 9.41. The first-order valence-electron chi connectivity index (χ1n) is 10.6. The molecule has 7 nitrogen and oxygen atoms in total. The van der Waals surface area contributed by atoms with E-state index >= 15 is 0 Å². The van der Waals surface area contributed by atoms with E-state index in [0.717, 1.165) is 13.1 Å². The lowest BCUT2D eigenvalue weighted by atomic mass is 9.94. The fourth-order valence-electron chi connectivity index (χ4n) is 3.75. The monoisotopic (exact) mass is 420 g/mol. The lowest BCUT2D eigenvalue weighted by molar-refractivity contribution is -0.125. The van der Waals surface area contributed by atoms with Gasteiger partial charge >= 0.3 is 0 Å². The standard InChI is InChI=1S/C22H33FN4O3/c1-22(2,3)14-26(12-15-4-5-15)19(11-24)21(29)25-18-7-6-16(10-17(18)23)27-8-9-30-13-20(27)28/h6-7,10,15,19H,4-5,8-9,11-14,24H2,1-3H3,(H,25,29)/t19-/m1/s1. The van der Waals surface area contributed by atoms with Crippen molar-refractivity contribution < 1.29 is 18.7 Å². The van der Waals surface area contributed by atoms with Gasteiger partial charge in [0.15, 0.2) is 0 Å². The summed E-state index contributed by atoms with van der Waals surface area (Å²) < 4.78 is 19.8. The number of hydrogen-bond donors (Lipinski definition) is 2. The van der Waals surface area contributed by atoms with Crippen LogP contribution in [-0.2, 0) is 14.3 Å². The number of nitrogens with two attached hydrogens (primary N) is 1. The van der Waals surface area contributed by atoms with Crippen molar-refractivity contribution in [3.63, 3.8) is 0 Å². The average molecular weight is 421 g/mol. The summed E-state index contributed by atoms with van der Waals surface area (Å²) in [5.41, 5.74) is 6.52. The summed E-state index contributed by atoms with van der Waals surface area (Å²) >= 11 is 0. The number of hydrogen-bond acceptors (Lipinski definition) is 5. The maximum atomic E-state index is 14.7. The van der Waals surface area contributed by atoms with E-state index in [1.165, 1.54) is 29.9 Å². The van der Waals surface area contributed by atoms with Gasteiger partial charge in [0.25, 0.3) is 5.91 Å². The molecule has 1 heterocycles. The van der Waals surface area contributed by atoms with Gasteiger partial charge in [-0.3, -0.25) is 14.5 Å². The summed E-state index contributed by atoms with van der Waals surface area (Å²) in [6.45, 7) is 8.89. The topological polar surface area (TPSA) is 87.9 Å². The zero-order chi connectivity index (χ0) is 21.9. The molecule has 0 spiro atoms. The van der Waals surface area contributed by atoms with Gasteiger partial charge in [-0.2, -0.15) is 0 Å². The van der Waals surface area contributed by atoms with Crippen LogP contribution < -0.4 is 16.0 Å². The zero-order valence-electron chi connectivity index (χ0n) is 18.1. The first-order valence-corrected chi connectivity index (χ1v) is 10.6. The average Bonchev–Trinajstić information content (AvgIpc) is 3.47. The fraction of sp³-hybridized carbons (Fsp3) is 0.636. The molecule has 3 N–H and O–H groups in total. The third-order valence-electron chi connectivity index (χ3n) is 5.34. The van der Waals surface area contributed by atoms with Gasteiger partial charge in [0.1, 0.15) is 18.5 Å². The van der Waals surface area contributed by atoms with E-state index in [9.17, 15) is 14.0 Å². The second-order valence-corrected chi connectivity index (χ2v) is 9.44. The number of morpholine rings is 1. The van der Waals surface area contributed by atoms with Crippen molar-refractivity contribution in [3.8, 4) is 0 Å². The van der Waals surface area contributed by atoms with E-state index in [2.05, 4.69) is 31.0 Å². The van der Waals surface area contributed by atoms with Crippen molar-refractivity contribution in [1.29, 1.82) is 0 Å². The molecule has 30 heavy (non-hydrogen) atoms. The first-order chi connectivity index (χ1) is 14.2. The molecule has 166 valence electrons. The minimum Gasteiger partial charge on any atom is -0.370 e. The Morgan fingerprint density at radius 1 is 1.40 bits per heavy atom. The molecule has 0 bridgehead atoms. The smallest absolute Gasteiger partial charge is 0.253 e. The molecular formula is C22H33FN4O3. The molecule has 1 saturated heterocycles. The fourth-order valence-corrected chi connectivity index (χ4v) is 3.75. The largest absolute Gasteiger partial charge is 0.370 e. The Labute approximate surface area is 177 Å². The minimum atomic E-state index is -0.583. The van der Waals surface area contributed by atoms with E-state index in [1.54, 1.807) is 6.07 Å². The number of nitrogens with zero attached hydrogens (tertiary/aromatic N) is 2. The highest BCUT2D eigenvalue weighted by molar-refractivity contribution is 5.97. The molecule has 1 aliphatic carbocycles. The van der Waals surface area contributed by atoms with Gasteiger partial charge in [0, 0.05) is 31.9 Å². The highest BCUT2D eigenvalue weighted by Gasteiger charge is 2.33. The Morgan fingerprint density at radius 3 is 2.70 bits per heavy atom. The van der Waals surface area contributed by atoms with Crippen molar-refractivity contribution in [2.75, 3.05) is 49.6 Å². The predicted octanol–water partition coefficient (Wildman–Crippen LogP) is 2.21. The normalized spacial score (nSPS) is 18.6. The number of benzene rings is 1. The summed E-state index contributed by atoms with van der Waals surface area (Å²) in [7, 11) is 0. The van der Waals surface area contributed by atoms with Crippen LogP contribution in [0.2, 0.25) is 0 Å². The predicted molar refractivity (Wildman–Crippen MR) is 115 cm³/mol. The lowest BCUT2D eigenvalue weighted by Crippen LogP contribution is -2.52. The van der Waals surface area contributed by atoms with Crippen LogP contribution in [0.4, 0.5) is 15.8 Å². The third kappa shape index (κ3) is 6.00. The van der Waals surface area contributed by atoms with Gasteiger partial charge in [-0.1, -0.05) is 20.8 Å². The van der Waals surface area contributed by atoms with E-state index < -0.39 is 11.9 Å². The maximum Gasteiger partial charge on any atom is 0.253 e. The minimum absolute atomic E-state index is 0.0110. The van der Waals surface area contributed by atoms with Gasteiger partial charge in [-0.15, -0.1) is 0 Å². The maximum absolute atomic E-state index is 14.7. The van der Waals surface area contributed by atoms with Crippen LogP contribution in [0.3, 0.4) is 0 Å². The molecule has 0 unspecified atom stereocenters. The highest BCUT2D eigenvalue weighted by atomic mass is 19.1. The molecule has 0 aromatic heterocycles. The summed E-state index contributed by atoms with van der Waals surface area (Å²) in [4.78, 5) is 28.6. The number of carbonyl (C=O) groups is 2. The van der Waals surface area contributed by atoms with Crippen molar-refractivity contribution in [1.82, 2.24) is 4.90 Å². The van der Waals surface area contributed by atoms with Gasteiger partial charge in [0.2, 0.25) is 5.91 Å². The van der Waals surface area contributed by atoms with E-state index in [1.807, 2.05) is 0 Å². The van der Waals surface area contributed by atoms with Crippen LogP contribution in [0.25, 0.3) is 0 Å². The van der Waals surface area contributed by atoms with Crippen molar-refractivity contribution in [2.24, 2.45) is 17.1 Å². The van der Waals surface area contributed by atoms with Gasteiger partial charge in [0.05, 0.1) is 12.3 Å². The Hall–Kier alpha value is -2.03. The molecular weight excluding hydrogens is 387 g/mol. The summed E-state index contributed by atoms with van der Waals surface area (Å²) in [6.07, 6.45) is 2.35. The van der Waals surface area contributed by atoms with Crippen molar-refractivity contribution >= 4 is 23.2 Å². The van der Waals surface area contributed by atoms with Gasteiger partial charge in [-0.05, 0) is 42.4 Å². The summed E-state index contributed by atoms with van der Waals surface area (Å²) in [6, 6.07) is 3.88. The highest BCUT2D eigenvalue weighted by Crippen LogP contribution is 2.32. The number of ether oxygens (including phenoxy) is 1.